The Morgan fingerprint density at radius 1 is 1.12 bits per heavy atom. The summed E-state index contributed by atoms with van der Waals surface area (Å²) >= 11 is 11.7. The highest BCUT2D eigenvalue weighted by molar-refractivity contribution is 6.42. The topological polar surface area (TPSA) is 52.5 Å². The minimum atomic E-state index is -0.261. The largest absolute Gasteiger partial charge is 0.395 e. The first-order valence-electron chi connectivity index (χ1n) is 5.06. The lowest BCUT2D eigenvalue weighted by Gasteiger charge is -2.13. The summed E-state index contributed by atoms with van der Waals surface area (Å²) in [4.78, 5) is 0. The fourth-order valence-corrected chi connectivity index (χ4v) is 1.62. The zero-order valence-corrected chi connectivity index (χ0v) is 10.3. The number of aliphatic hydroxyl groups is 2. The van der Waals surface area contributed by atoms with Crippen molar-refractivity contribution >= 4 is 23.2 Å². The maximum atomic E-state index is 8.84. The second-order valence-electron chi connectivity index (χ2n) is 3.51. The average Bonchev–Trinajstić information content (AvgIpc) is 2.29. The summed E-state index contributed by atoms with van der Waals surface area (Å²) in [5.41, 5.74) is 1.07. The van der Waals surface area contributed by atoms with Crippen LogP contribution in [0.5, 0.6) is 0 Å². The second-order valence-corrected chi connectivity index (χ2v) is 4.33. The molecular formula is C11H15Cl2NO2. The van der Waals surface area contributed by atoms with Crippen molar-refractivity contribution in [3.63, 3.8) is 0 Å². The highest BCUT2D eigenvalue weighted by Crippen LogP contribution is 2.22. The second kappa shape index (κ2) is 7.09. The lowest BCUT2D eigenvalue weighted by Crippen LogP contribution is -2.36. The Hall–Kier alpha value is -0.320. The van der Waals surface area contributed by atoms with Crippen molar-refractivity contribution in [1.29, 1.82) is 0 Å². The van der Waals surface area contributed by atoms with E-state index in [2.05, 4.69) is 5.32 Å². The third kappa shape index (κ3) is 4.28. The van der Waals surface area contributed by atoms with Crippen molar-refractivity contribution in [2.75, 3.05) is 19.8 Å². The summed E-state index contributed by atoms with van der Waals surface area (Å²) < 4.78 is 0. The molecule has 0 atom stereocenters. The molecule has 3 N–H and O–H groups in total. The summed E-state index contributed by atoms with van der Waals surface area (Å²) in [6, 6.07) is 5.22. The Morgan fingerprint density at radius 2 is 1.81 bits per heavy atom. The molecule has 16 heavy (non-hydrogen) atoms. The fraction of sp³-hybridized carbons (Fsp3) is 0.455. The molecule has 1 rings (SSSR count). The molecule has 0 heterocycles. The number of benzene rings is 1. The fourth-order valence-electron chi connectivity index (χ4n) is 1.30. The summed E-state index contributed by atoms with van der Waals surface area (Å²) in [6.07, 6.45) is 0.771. The third-order valence-electron chi connectivity index (χ3n) is 2.27. The minimum absolute atomic E-state index is 0.0716. The van der Waals surface area contributed by atoms with Gasteiger partial charge in [0.25, 0.3) is 0 Å². The highest BCUT2D eigenvalue weighted by Gasteiger charge is 2.04. The van der Waals surface area contributed by atoms with Crippen molar-refractivity contribution < 1.29 is 10.2 Å². The lowest BCUT2D eigenvalue weighted by atomic mass is 10.1. The molecule has 0 unspecified atom stereocenters. The van der Waals surface area contributed by atoms with Gasteiger partial charge in [-0.25, -0.2) is 0 Å². The van der Waals surface area contributed by atoms with Gasteiger partial charge in [-0.3, -0.25) is 0 Å². The number of aliphatic hydroxyl groups excluding tert-OH is 2. The summed E-state index contributed by atoms with van der Waals surface area (Å²) in [6.45, 7) is 0.527. The van der Waals surface area contributed by atoms with Crippen molar-refractivity contribution in [3.05, 3.63) is 33.8 Å². The van der Waals surface area contributed by atoms with E-state index < -0.39 is 0 Å². The molecule has 0 aliphatic carbocycles. The van der Waals surface area contributed by atoms with Crippen molar-refractivity contribution in [3.8, 4) is 0 Å². The monoisotopic (exact) mass is 263 g/mol. The molecule has 0 aromatic heterocycles. The molecule has 0 amide bonds. The average molecular weight is 264 g/mol. The third-order valence-corrected chi connectivity index (χ3v) is 3.01. The molecule has 0 saturated heterocycles. The molecule has 90 valence electrons. The van der Waals surface area contributed by atoms with Crippen LogP contribution >= 0.6 is 23.2 Å². The summed E-state index contributed by atoms with van der Waals surface area (Å²) in [5.74, 6) is 0. The van der Waals surface area contributed by atoms with Crippen molar-refractivity contribution in [2.45, 2.75) is 12.5 Å². The van der Waals surface area contributed by atoms with E-state index in [-0.39, 0.29) is 19.3 Å². The van der Waals surface area contributed by atoms with Gasteiger partial charge in [-0.2, -0.15) is 0 Å². The van der Waals surface area contributed by atoms with Crippen LogP contribution in [0, 0.1) is 0 Å². The molecular weight excluding hydrogens is 249 g/mol. The smallest absolute Gasteiger partial charge is 0.0607 e. The van der Waals surface area contributed by atoms with Gasteiger partial charge in [0.05, 0.1) is 29.3 Å². The molecule has 5 heteroatoms. The van der Waals surface area contributed by atoms with Gasteiger partial charge in [-0.1, -0.05) is 29.3 Å². The number of hydrogen-bond donors (Lipinski definition) is 3. The zero-order chi connectivity index (χ0) is 12.0. The maximum absolute atomic E-state index is 8.84. The van der Waals surface area contributed by atoms with Gasteiger partial charge in [0, 0.05) is 0 Å². The Kier molecular flexibility index (Phi) is 6.09. The van der Waals surface area contributed by atoms with Crippen LogP contribution in [0.3, 0.4) is 0 Å². The minimum Gasteiger partial charge on any atom is -0.395 e. The summed E-state index contributed by atoms with van der Waals surface area (Å²) in [5, 5.41) is 21.8. The van der Waals surface area contributed by atoms with E-state index in [0.29, 0.717) is 16.6 Å². The van der Waals surface area contributed by atoms with E-state index in [0.717, 1.165) is 12.0 Å². The van der Waals surface area contributed by atoms with Crippen LogP contribution in [0.25, 0.3) is 0 Å². The molecule has 3 nitrogen and oxygen atoms in total. The standard InChI is InChI=1S/C11H15Cl2NO2/c12-10-2-1-8(5-11(10)13)3-4-14-9(6-15)7-16/h1-2,5,9,14-16H,3-4,6-7H2. The predicted molar refractivity (Wildman–Crippen MR) is 66.1 cm³/mol. The first-order valence-corrected chi connectivity index (χ1v) is 5.82. The molecule has 1 aromatic rings. The first-order chi connectivity index (χ1) is 7.67. The predicted octanol–water partition coefficient (Wildman–Crippen LogP) is 1.48. The van der Waals surface area contributed by atoms with Crippen LogP contribution in [-0.2, 0) is 6.42 Å². The lowest BCUT2D eigenvalue weighted by molar-refractivity contribution is 0.171. The van der Waals surface area contributed by atoms with E-state index in [1.54, 1.807) is 6.07 Å². The van der Waals surface area contributed by atoms with E-state index in [4.69, 9.17) is 33.4 Å². The van der Waals surface area contributed by atoms with Crippen LogP contribution in [0.1, 0.15) is 5.56 Å². The molecule has 0 bridgehead atoms. The molecule has 0 aliphatic rings. The Labute approximate surface area is 105 Å². The molecule has 0 radical (unpaired) electrons. The maximum Gasteiger partial charge on any atom is 0.0607 e. The van der Waals surface area contributed by atoms with Gasteiger partial charge in [0.2, 0.25) is 0 Å². The quantitative estimate of drug-likeness (QED) is 0.729. The van der Waals surface area contributed by atoms with E-state index in [9.17, 15) is 0 Å². The van der Waals surface area contributed by atoms with Gasteiger partial charge in [0.15, 0.2) is 0 Å². The molecule has 0 fully saturated rings. The van der Waals surface area contributed by atoms with Gasteiger partial charge in [-0.05, 0) is 30.7 Å². The van der Waals surface area contributed by atoms with Crippen LogP contribution in [-0.4, -0.2) is 36.0 Å². The molecule has 0 aliphatic heterocycles. The number of rotatable bonds is 6. The number of hydrogen-bond acceptors (Lipinski definition) is 3. The van der Waals surface area contributed by atoms with Gasteiger partial charge >= 0.3 is 0 Å². The zero-order valence-electron chi connectivity index (χ0n) is 8.79. The van der Waals surface area contributed by atoms with E-state index >= 15 is 0 Å². The van der Waals surface area contributed by atoms with Gasteiger partial charge in [0.1, 0.15) is 0 Å². The van der Waals surface area contributed by atoms with E-state index in [1.165, 1.54) is 0 Å². The normalized spacial score (nSPS) is 11.1. The SMILES string of the molecule is OCC(CO)NCCc1ccc(Cl)c(Cl)c1. The Bertz CT molecular complexity index is 330. The van der Waals surface area contributed by atoms with E-state index in [1.807, 2.05) is 12.1 Å². The van der Waals surface area contributed by atoms with Crippen LogP contribution < -0.4 is 5.32 Å². The van der Waals surface area contributed by atoms with Crippen LogP contribution in [0.4, 0.5) is 0 Å². The Morgan fingerprint density at radius 3 is 2.38 bits per heavy atom. The molecule has 1 aromatic carbocycles. The number of halogens is 2. The van der Waals surface area contributed by atoms with Gasteiger partial charge < -0.3 is 15.5 Å². The number of nitrogens with one attached hydrogen (secondary N) is 1. The highest BCUT2D eigenvalue weighted by atomic mass is 35.5. The Balaban J connectivity index is 2.40. The molecule has 0 spiro atoms. The van der Waals surface area contributed by atoms with Crippen LogP contribution in [0.15, 0.2) is 18.2 Å². The van der Waals surface area contributed by atoms with Crippen molar-refractivity contribution in [2.24, 2.45) is 0 Å². The van der Waals surface area contributed by atoms with Crippen LogP contribution in [0.2, 0.25) is 10.0 Å². The first kappa shape index (κ1) is 13.7. The molecule has 0 saturated carbocycles. The summed E-state index contributed by atoms with van der Waals surface area (Å²) in [7, 11) is 0. The van der Waals surface area contributed by atoms with Gasteiger partial charge in [-0.15, -0.1) is 0 Å². The van der Waals surface area contributed by atoms with Crippen molar-refractivity contribution in [1.82, 2.24) is 5.32 Å².